The summed E-state index contributed by atoms with van der Waals surface area (Å²) in [5.74, 6) is -0.486. The topological polar surface area (TPSA) is 103 Å². The highest BCUT2D eigenvalue weighted by atomic mass is 35.5. The van der Waals surface area contributed by atoms with Crippen molar-refractivity contribution in [3.8, 4) is 11.5 Å². The largest absolute Gasteiger partial charge is 0.489 e. The van der Waals surface area contributed by atoms with E-state index in [1.165, 1.54) is 6.08 Å². The summed E-state index contributed by atoms with van der Waals surface area (Å²) >= 11 is 6.18. The van der Waals surface area contributed by atoms with Gasteiger partial charge in [-0.15, -0.1) is 0 Å². The number of carbonyl (C=O) groups is 3. The minimum atomic E-state index is -0.738. The van der Waals surface area contributed by atoms with Crippen LogP contribution >= 0.6 is 11.6 Å². The Bertz CT molecular complexity index is 748. The van der Waals surface area contributed by atoms with E-state index in [0.29, 0.717) is 35.3 Å². The van der Waals surface area contributed by atoms with Gasteiger partial charge in [-0.25, -0.2) is 9.59 Å². The van der Waals surface area contributed by atoms with Gasteiger partial charge in [0.2, 0.25) is 0 Å². The van der Waals surface area contributed by atoms with Crippen LogP contribution in [0.3, 0.4) is 0 Å². The van der Waals surface area contributed by atoms with Crippen molar-refractivity contribution in [1.29, 1.82) is 0 Å². The zero-order valence-corrected chi connectivity index (χ0v) is 15.8. The maximum Gasteiger partial charge on any atom is 0.331 e. The van der Waals surface area contributed by atoms with Crippen molar-refractivity contribution in [2.75, 3.05) is 19.8 Å². The summed E-state index contributed by atoms with van der Waals surface area (Å²) in [7, 11) is 0. The first kappa shape index (κ1) is 20.6. The van der Waals surface area contributed by atoms with E-state index in [1.807, 2.05) is 5.32 Å². The Kier molecular flexibility index (Phi) is 7.48. The minimum absolute atomic E-state index is 0.120. The lowest BCUT2D eigenvalue weighted by molar-refractivity contribution is -0.143. The van der Waals surface area contributed by atoms with Crippen molar-refractivity contribution in [2.24, 2.45) is 0 Å². The molecule has 146 valence electrons. The van der Waals surface area contributed by atoms with Crippen LogP contribution in [-0.4, -0.2) is 43.8 Å². The van der Waals surface area contributed by atoms with Crippen LogP contribution in [0.2, 0.25) is 5.02 Å². The fourth-order valence-corrected chi connectivity index (χ4v) is 2.43. The van der Waals surface area contributed by atoms with E-state index in [0.717, 1.165) is 12.5 Å². The Labute approximate surface area is 161 Å². The molecule has 1 aromatic rings. The molecule has 0 unspecified atom stereocenters. The highest BCUT2D eigenvalue weighted by molar-refractivity contribution is 6.32. The third-order valence-electron chi connectivity index (χ3n) is 3.25. The summed E-state index contributed by atoms with van der Waals surface area (Å²) in [6, 6.07) is 2.55. The standard InChI is InChI=1S/C18H21ClN2O6/c1-11(2)20-18(24)21-15(22)10-27-16(23)5-4-12-8-13(19)17-14(9-12)25-6-3-7-26-17/h4-5,8-9,11H,3,6-7,10H2,1-2H3,(H2,20,21,22,24)/b5-4+. The lowest BCUT2D eigenvalue weighted by Gasteiger charge is -2.10. The molecule has 2 rings (SSSR count). The first-order chi connectivity index (χ1) is 12.8. The molecule has 0 aromatic heterocycles. The lowest BCUT2D eigenvalue weighted by Crippen LogP contribution is -2.43. The number of esters is 1. The van der Waals surface area contributed by atoms with E-state index in [4.69, 9.17) is 25.8 Å². The smallest absolute Gasteiger partial charge is 0.331 e. The highest BCUT2D eigenvalue weighted by Crippen LogP contribution is 2.38. The monoisotopic (exact) mass is 396 g/mol. The van der Waals surface area contributed by atoms with E-state index >= 15 is 0 Å². The third-order valence-corrected chi connectivity index (χ3v) is 3.54. The van der Waals surface area contributed by atoms with Gasteiger partial charge >= 0.3 is 12.0 Å². The van der Waals surface area contributed by atoms with E-state index in [1.54, 1.807) is 26.0 Å². The number of fused-ring (bicyclic) bond motifs is 1. The van der Waals surface area contributed by atoms with Gasteiger partial charge < -0.3 is 19.5 Å². The molecule has 0 aliphatic carbocycles. The van der Waals surface area contributed by atoms with Crippen LogP contribution in [0.5, 0.6) is 11.5 Å². The molecule has 1 aliphatic heterocycles. The molecule has 2 N–H and O–H groups in total. The average molecular weight is 397 g/mol. The molecule has 0 saturated heterocycles. The Balaban J connectivity index is 1.87. The second-order valence-corrected chi connectivity index (χ2v) is 6.41. The molecule has 0 fully saturated rings. The number of ether oxygens (including phenoxy) is 3. The zero-order chi connectivity index (χ0) is 19.8. The average Bonchev–Trinajstić information content (AvgIpc) is 2.83. The van der Waals surface area contributed by atoms with Crippen LogP contribution in [0.1, 0.15) is 25.8 Å². The fourth-order valence-electron chi connectivity index (χ4n) is 2.16. The van der Waals surface area contributed by atoms with Crippen LogP contribution in [0, 0.1) is 0 Å². The van der Waals surface area contributed by atoms with Crippen molar-refractivity contribution in [2.45, 2.75) is 26.3 Å². The number of rotatable bonds is 5. The maximum atomic E-state index is 11.7. The SMILES string of the molecule is CC(C)NC(=O)NC(=O)COC(=O)/C=C/c1cc(Cl)c2c(c1)OCCCO2. The van der Waals surface area contributed by atoms with Gasteiger partial charge in [-0.2, -0.15) is 0 Å². The van der Waals surface area contributed by atoms with Crippen molar-refractivity contribution in [3.63, 3.8) is 0 Å². The maximum absolute atomic E-state index is 11.7. The predicted octanol–water partition coefficient (Wildman–Crippen LogP) is 2.29. The fraction of sp³-hybridized carbons (Fsp3) is 0.389. The highest BCUT2D eigenvalue weighted by Gasteiger charge is 2.15. The van der Waals surface area contributed by atoms with E-state index in [-0.39, 0.29) is 6.04 Å². The molecule has 9 heteroatoms. The van der Waals surface area contributed by atoms with Gasteiger partial charge in [0.05, 0.1) is 18.2 Å². The molecule has 0 atom stereocenters. The van der Waals surface area contributed by atoms with Crippen molar-refractivity contribution in [1.82, 2.24) is 10.6 Å². The van der Waals surface area contributed by atoms with Crippen LogP contribution < -0.4 is 20.1 Å². The second kappa shape index (κ2) is 9.82. The lowest BCUT2D eigenvalue weighted by atomic mass is 10.2. The Morgan fingerprint density at radius 3 is 2.74 bits per heavy atom. The molecule has 1 aromatic carbocycles. The van der Waals surface area contributed by atoms with Gasteiger partial charge in [0, 0.05) is 18.5 Å². The molecular formula is C18H21ClN2O6. The summed E-state index contributed by atoms with van der Waals surface area (Å²) in [5, 5.41) is 4.91. The molecule has 0 radical (unpaired) electrons. The molecule has 1 aliphatic rings. The molecule has 3 amide bonds. The zero-order valence-electron chi connectivity index (χ0n) is 15.0. The number of halogens is 1. The van der Waals surface area contributed by atoms with E-state index < -0.39 is 24.5 Å². The molecule has 1 heterocycles. The van der Waals surface area contributed by atoms with Crippen LogP contribution in [0.25, 0.3) is 6.08 Å². The van der Waals surface area contributed by atoms with Crippen molar-refractivity contribution >= 4 is 35.6 Å². The normalized spacial score (nSPS) is 13.2. The number of imide groups is 1. The Morgan fingerprint density at radius 1 is 1.26 bits per heavy atom. The molecular weight excluding hydrogens is 376 g/mol. The van der Waals surface area contributed by atoms with E-state index in [2.05, 4.69) is 5.32 Å². The van der Waals surface area contributed by atoms with Gasteiger partial charge in [-0.1, -0.05) is 11.6 Å². The number of carbonyl (C=O) groups excluding carboxylic acids is 3. The van der Waals surface area contributed by atoms with Gasteiger partial charge in [0.1, 0.15) is 0 Å². The first-order valence-corrected chi connectivity index (χ1v) is 8.77. The van der Waals surface area contributed by atoms with Gasteiger partial charge in [-0.3, -0.25) is 10.1 Å². The van der Waals surface area contributed by atoms with Gasteiger partial charge in [0.25, 0.3) is 5.91 Å². The number of hydrogen-bond donors (Lipinski definition) is 2. The summed E-state index contributed by atoms with van der Waals surface area (Å²) in [6.07, 6.45) is 3.38. The molecule has 0 spiro atoms. The van der Waals surface area contributed by atoms with Crippen LogP contribution in [-0.2, 0) is 14.3 Å². The number of nitrogens with one attached hydrogen (secondary N) is 2. The Hall–Kier alpha value is -2.74. The number of hydrogen-bond acceptors (Lipinski definition) is 6. The number of amides is 3. The summed E-state index contributed by atoms with van der Waals surface area (Å²) in [5.41, 5.74) is 0.613. The van der Waals surface area contributed by atoms with Gasteiger partial charge in [-0.05, 0) is 37.6 Å². The summed E-state index contributed by atoms with van der Waals surface area (Å²) in [4.78, 5) is 34.6. The number of urea groups is 1. The summed E-state index contributed by atoms with van der Waals surface area (Å²) in [6.45, 7) is 3.96. The van der Waals surface area contributed by atoms with Gasteiger partial charge in [0.15, 0.2) is 18.1 Å². The second-order valence-electron chi connectivity index (χ2n) is 6.00. The van der Waals surface area contributed by atoms with Crippen LogP contribution in [0.4, 0.5) is 4.79 Å². The Morgan fingerprint density at radius 2 is 2.00 bits per heavy atom. The van der Waals surface area contributed by atoms with Crippen LogP contribution in [0.15, 0.2) is 18.2 Å². The minimum Gasteiger partial charge on any atom is -0.489 e. The molecule has 8 nitrogen and oxygen atoms in total. The quantitative estimate of drug-likeness (QED) is 0.584. The molecule has 0 saturated carbocycles. The molecule has 27 heavy (non-hydrogen) atoms. The van der Waals surface area contributed by atoms with Crippen molar-refractivity contribution in [3.05, 3.63) is 28.8 Å². The van der Waals surface area contributed by atoms with E-state index in [9.17, 15) is 14.4 Å². The predicted molar refractivity (Wildman–Crippen MR) is 98.9 cm³/mol. The molecule has 0 bridgehead atoms. The third kappa shape index (κ3) is 6.82. The first-order valence-electron chi connectivity index (χ1n) is 8.39. The summed E-state index contributed by atoms with van der Waals surface area (Å²) < 4.78 is 15.9. The number of benzene rings is 1. The van der Waals surface area contributed by atoms with Crippen molar-refractivity contribution < 1.29 is 28.6 Å².